The third kappa shape index (κ3) is 2.07. The van der Waals surface area contributed by atoms with E-state index in [1.807, 2.05) is 20.8 Å². The summed E-state index contributed by atoms with van der Waals surface area (Å²) in [6.07, 6.45) is 3.33. The Morgan fingerprint density at radius 1 is 1.21 bits per heavy atom. The minimum absolute atomic E-state index is 0.0714. The van der Waals surface area contributed by atoms with Gasteiger partial charge in [-0.25, -0.2) is 0 Å². The predicted molar refractivity (Wildman–Crippen MR) is 101 cm³/mol. The third-order valence-electron chi connectivity index (χ3n) is 9.28. The van der Waals surface area contributed by atoms with Gasteiger partial charge >= 0.3 is 0 Å². The molecular formula is C22H32O6. The number of Topliss-reactive ketones (excluding diaryl/α,β-unsaturated/α-hetero) is 1. The lowest BCUT2D eigenvalue weighted by Gasteiger charge is -2.65. The molecule has 0 aromatic carbocycles. The van der Waals surface area contributed by atoms with Crippen LogP contribution < -0.4 is 0 Å². The van der Waals surface area contributed by atoms with Gasteiger partial charge in [-0.15, -0.1) is 0 Å². The van der Waals surface area contributed by atoms with Crippen LogP contribution >= 0.6 is 0 Å². The van der Waals surface area contributed by atoms with E-state index in [1.54, 1.807) is 6.08 Å². The van der Waals surface area contributed by atoms with Gasteiger partial charge < -0.3 is 20.4 Å². The van der Waals surface area contributed by atoms with Gasteiger partial charge in [-0.3, -0.25) is 9.59 Å². The fourth-order valence-corrected chi connectivity index (χ4v) is 7.67. The highest BCUT2D eigenvalue weighted by atomic mass is 16.3. The molecule has 6 nitrogen and oxygen atoms in total. The van der Waals surface area contributed by atoms with Crippen molar-refractivity contribution in [2.24, 2.45) is 28.6 Å². The van der Waals surface area contributed by atoms with Crippen LogP contribution in [0.25, 0.3) is 0 Å². The molecule has 6 heteroatoms. The van der Waals surface area contributed by atoms with Crippen LogP contribution in [-0.2, 0) is 9.59 Å². The van der Waals surface area contributed by atoms with Gasteiger partial charge in [0.2, 0.25) is 0 Å². The fourth-order valence-electron chi connectivity index (χ4n) is 7.67. The Morgan fingerprint density at radius 3 is 2.54 bits per heavy atom. The Kier molecular flexibility index (Phi) is 4.31. The number of carbonyl (C=O) groups excluding carboxylic acids is 2. The summed E-state index contributed by atoms with van der Waals surface area (Å²) in [5.41, 5.74) is -3.79. The minimum Gasteiger partial charge on any atom is -0.390 e. The molecule has 28 heavy (non-hydrogen) atoms. The van der Waals surface area contributed by atoms with Crippen LogP contribution in [0.1, 0.15) is 59.3 Å². The van der Waals surface area contributed by atoms with Crippen molar-refractivity contribution in [2.45, 2.75) is 76.6 Å². The lowest BCUT2D eigenvalue weighted by molar-refractivity contribution is -0.259. The van der Waals surface area contributed by atoms with Gasteiger partial charge in [0.25, 0.3) is 0 Å². The smallest absolute Gasteiger partial charge is 0.190 e. The predicted octanol–water partition coefficient (Wildman–Crippen LogP) is 1.14. The van der Waals surface area contributed by atoms with Crippen LogP contribution in [0.15, 0.2) is 11.6 Å². The zero-order valence-corrected chi connectivity index (χ0v) is 16.9. The number of rotatable bonds is 2. The second-order valence-electron chi connectivity index (χ2n) is 10.2. The van der Waals surface area contributed by atoms with Crippen molar-refractivity contribution in [3.63, 3.8) is 0 Å². The molecule has 0 aromatic rings. The van der Waals surface area contributed by atoms with E-state index < -0.39 is 40.5 Å². The van der Waals surface area contributed by atoms with E-state index >= 15 is 0 Å². The minimum atomic E-state index is -1.71. The van der Waals surface area contributed by atoms with Crippen LogP contribution in [0.5, 0.6) is 0 Å². The first-order valence-corrected chi connectivity index (χ1v) is 10.5. The normalized spacial score (nSPS) is 53.1. The summed E-state index contributed by atoms with van der Waals surface area (Å²) in [7, 11) is 0. The first-order chi connectivity index (χ1) is 13.0. The lowest BCUT2D eigenvalue weighted by atomic mass is 9.43. The molecule has 0 aliphatic heterocycles. The van der Waals surface area contributed by atoms with Gasteiger partial charge in [-0.05, 0) is 55.9 Å². The van der Waals surface area contributed by atoms with Crippen LogP contribution in [0, 0.1) is 28.6 Å². The van der Waals surface area contributed by atoms with E-state index in [0.29, 0.717) is 32.1 Å². The molecule has 4 N–H and O–H groups in total. The van der Waals surface area contributed by atoms with Crippen molar-refractivity contribution in [1.82, 2.24) is 0 Å². The maximum Gasteiger partial charge on any atom is 0.190 e. The molecule has 0 spiro atoms. The van der Waals surface area contributed by atoms with Gasteiger partial charge in [0, 0.05) is 17.3 Å². The fraction of sp³-hybridized carbons (Fsp3) is 0.818. The molecule has 8 atom stereocenters. The Hall–Kier alpha value is -1.08. The van der Waals surface area contributed by atoms with Crippen molar-refractivity contribution in [3.05, 3.63) is 11.6 Å². The number of hydrogen-bond acceptors (Lipinski definition) is 6. The second kappa shape index (κ2) is 5.97. The average molecular weight is 392 g/mol. The quantitative estimate of drug-likeness (QED) is 0.560. The molecule has 4 aliphatic carbocycles. The van der Waals surface area contributed by atoms with E-state index in [0.717, 1.165) is 5.57 Å². The van der Waals surface area contributed by atoms with E-state index in [1.165, 1.54) is 0 Å². The number of ketones is 2. The van der Waals surface area contributed by atoms with Crippen molar-refractivity contribution in [3.8, 4) is 0 Å². The topological polar surface area (TPSA) is 115 Å². The number of hydrogen-bond donors (Lipinski definition) is 4. The molecule has 0 aromatic heterocycles. The molecule has 4 aliphatic rings. The molecule has 4 rings (SSSR count). The molecule has 3 fully saturated rings. The van der Waals surface area contributed by atoms with Gasteiger partial charge in [-0.2, -0.15) is 0 Å². The molecule has 0 amide bonds. The third-order valence-corrected chi connectivity index (χ3v) is 9.28. The monoisotopic (exact) mass is 392 g/mol. The number of carbonyl (C=O) groups is 2. The van der Waals surface area contributed by atoms with E-state index in [2.05, 4.69) is 0 Å². The molecule has 0 heterocycles. The SMILES string of the molecule is C[C@@H]1C[C@H]2[C@@H]3CCC4=CC(=O)CC[C@]4(C)[C@@]3(O)[C@@H](O)C[C@]2(C)[C@@]1(O)C(=O)CO. The van der Waals surface area contributed by atoms with Crippen molar-refractivity contribution in [2.75, 3.05) is 6.61 Å². The highest BCUT2D eigenvalue weighted by Crippen LogP contribution is 2.70. The molecule has 156 valence electrons. The largest absolute Gasteiger partial charge is 0.390 e. The van der Waals surface area contributed by atoms with E-state index in [9.17, 15) is 30.0 Å². The Labute approximate surface area is 165 Å². The molecular weight excluding hydrogens is 360 g/mol. The maximum absolute atomic E-state index is 12.6. The molecule has 0 unspecified atom stereocenters. The second-order valence-corrected chi connectivity index (χ2v) is 10.2. The molecule has 3 saturated carbocycles. The lowest BCUT2D eigenvalue weighted by Crippen LogP contribution is -2.71. The summed E-state index contributed by atoms with van der Waals surface area (Å²) in [6.45, 7) is 4.86. The number of aliphatic hydroxyl groups is 4. The van der Waals surface area contributed by atoms with Crippen LogP contribution in [0.3, 0.4) is 0 Å². The van der Waals surface area contributed by atoms with Crippen LogP contribution in [0.4, 0.5) is 0 Å². The summed E-state index contributed by atoms with van der Waals surface area (Å²) >= 11 is 0. The highest BCUT2D eigenvalue weighted by Gasteiger charge is 2.74. The summed E-state index contributed by atoms with van der Waals surface area (Å²) in [4.78, 5) is 24.6. The Bertz CT molecular complexity index is 760. The Morgan fingerprint density at radius 2 is 1.89 bits per heavy atom. The van der Waals surface area contributed by atoms with Crippen molar-refractivity contribution in [1.29, 1.82) is 0 Å². The van der Waals surface area contributed by atoms with Crippen LogP contribution in [-0.4, -0.2) is 55.9 Å². The Balaban J connectivity index is 1.83. The number of fused-ring (bicyclic) bond motifs is 5. The number of aliphatic hydroxyl groups excluding tert-OH is 2. The summed E-state index contributed by atoms with van der Waals surface area (Å²) in [6, 6.07) is 0. The van der Waals surface area contributed by atoms with Crippen LogP contribution in [0.2, 0.25) is 0 Å². The van der Waals surface area contributed by atoms with Gasteiger partial charge in [0.15, 0.2) is 11.6 Å². The zero-order chi connectivity index (χ0) is 20.7. The summed E-state index contributed by atoms with van der Waals surface area (Å²) in [5, 5.41) is 44.2. The molecule has 0 radical (unpaired) electrons. The summed E-state index contributed by atoms with van der Waals surface area (Å²) < 4.78 is 0. The molecule has 0 saturated heterocycles. The maximum atomic E-state index is 12.6. The zero-order valence-electron chi connectivity index (χ0n) is 16.9. The first-order valence-electron chi connectivity index (χ1n) is 10.5. The summed E-state index contributed by atoms with van der Waals surface area (Å²) in [5.74, 6) is -1.32. The van der Waals surface area contributed by atoms with Gasteiger partial charge in [-0.1, -0.05) is 26.3 Å². The highest BCUT2D eigenvalue weighted by molar-refractivity contribution is 5.92. The van der Waals surface area contributed by atoms with E-state index in [-0.39, 0.29) is 30.0 Å². The van der Waals surface area contributed by atoms with E-state index in [4.69, 9.17) is 0 Å². The van der Waals surface area contributed by atoms with Crippen molar-refractivity contribution < 1.29 is 30.0 Å². The van der Waals surface area contributed by atoms with Gasteiger partial charge in [0.05, 0.1) is 6.10 Å². The van der Waals surface area contributed by atoms with Crippen molar-refractivity contribution >= 4 is 11.6 Å². The molecule has 0 bridgehead atoms. The standard InChI is InChI=1S/C22H32O6/c1-12-8-16-15-5-4-13-9-14(24)6-7-19(13,2)22(15,28)17(25)10-20(16,3)21(12,27)18(26)11-23/h9,12,15-17,23,25,27-28H,4-8,10-11H2,1-3H3/t12-,15+,16+,17+,19+,20+,21+,22+/m1/s1. The van der Waals surface area contributed by atoms with Gasteiger partial charge in [0.1, 0.15) is 17.8 Å². The first kappa shape index (κ1) is 20.2. The average Bonchev–Trinajstić information content (AvgIpc) is 2.84.